The molecule has 0 radical (unpaired) electrons. The number of ether oxygens (including phenoxy) is 1. The van der Waals surface area contributed by atoms with Crippen molar-refractivity contribution in [1.29, 1.82) is 0 Å². The minimum atomic E-state index is -4.56. The zero-order chi connectivity index (χ0) is 24.3. The number of halogens is 4. The van der Waals surface area contributed by atoms with Gasteiger partial charge in [-0.05, 0) is 31.5 Å². The van der Waals surface area contributed by atoms with Gasteiger partial charge in [-0.25, -0.2) is 9.97 Å². The minimum absolute atomic E-state index is 0.0217. The number of nitrogens with one attached hydrogen (secondary N) is 2. The second kappa shape index (κ2) is 9.45. The smallest absolute Gasteiger partial charge is 0.416 e. The van der Waals surface area contributed by atoms with E-state index < -0.39 is 29.6 Å². The number of aromatic nitrogens is 3. The summed E-state index contributed by atoms with van der Waals surface area (Å²) in [5.41, 5.74) is -0.852. The number of methoxy groups -OCH3 is 1. The van der Waals surface area contributed by atoms with E-state index in [1.807, 2.05) is 0 Å². The summed E-state index contributed by atoms with van der Waals surface area (Å²) in [6, 6.07) is 3.93. The normalized spacial score (nSPS) is 12.2. The van der Waals surface area contributed by atoms with E-state index in [0.29, 0.717) is 0 Å². The van der Waals surface area contributed by atoms with E-state index in [4.69, 9.17) is 20.9 Å². The zero-order valence-corrected chi connectivity index (χ0v) is 18.2. The number of aryl methyl sites for hydroxylation is 1. The maximum Gasteiger partial charge on any atom is 0.416 e. The Labute approximate surface area is 190 Å². The van der Waals surface area contributed by atoms with Crippen LogP contribution < -0.4 is 15.4 Å². The highest BCUT2D eigenvalue weighted by Gasteiger charge is 2.32. The molecule has 1 aromatic carbocycles. The van der Waals surface area contributed by atoms with Gasteiger partial charge in [0, 0.05) is 11.8 Å². The molecular formula is C20H17ClF3N5O4. The third-order valence-corrected chi connectivity index (χ3v) is 4.85. The van der Waals surface area contributed by atoms with Crippen LogP contribution in [0.5, 0.6) is 5.88 Å². The van der Waals surface area contributed by atoms with Crippen molar-refractivity contribution in [3.63, 3.8) is 0 Å². The van der Waals surface area contributed by atoms with Gasteiger partial charge in [-0.1, -0.05) is 22.8 Å². The number of rotatable bonds is 6. The molecule has 2 amide bonds. The van der Waals surface area contributed by atoms with E-state index in [9.17, 15) is 22.8 Å². The van der Waals surface area contributed by atoms with Gasteiger partial charge in [0.2, 0.25) is 11.6 Å². The molecule has 0 spiro atoms. The van der Waals surface area contributed by atoms with E-state index in [0.717, 1.165) is 12.4 Å². The second-order valence-electron chi connectivity index (χ2n) is 6.84. The molecule has 3 rings (SSSR count). The summed E-state index contributed by atoms with van der Waals surface area (Å²) in [5.74, 6) is -1.70. The summed E-state index contributed by atoms with van der Waals surface area (Å²) in [6.45, 7) is 2.89. The number of carbonyl (C=O) groups excluding carboxylic acids is 2. The first-order valence-electron chi connectivity index (χ1n) is 9.32. The van der Waals surface area contributed by atoms with Crippen molar-refractivity contribution in [2.45, 2.75) is 26.1 Å². The van der Waals surface area contributed by atoms with Crippen LogP contribution in [0.1, 0.15) is 50.8 Å². The van der Waals surface area contributed by atoms with Gasteiger partial charge in [0.1, 0.15) is 17.0 Å². The van der Waals surface area contributed by atoms with Crippen LogP contribution in [0.15, 0.2) is 35.1 Å². The molecule has 13 heteroatoms. The number of alkyl halides is 3. The molecule has 1 unspecified atom stereocenters. The summed E-state index contributed by atoms with van der Waals surface area (Å²) in [6.07, 6.45) is -3.45. The number of hydrogen-bond donors (Lipinski definition) is 2. The highest BCUT2D eigenvalue weighted by molar-refractivity contribution is 6.34. The lowest BCUT2D eigenvalue weighted by Gasteiger charge is -2.12. The fourth-order valence-corrected chi connectivity index (χ4v) is 3.05. The van der Waals surface area contributed by atoms with Crippen molar-refractivity contribution in [2.24, 2.45) is 0 Å². The molecular weight excluding hydrogens is 467 g/mol. The summed E-state index contributed by atoms with van der Waals surface area (Å²) >= 11 is 6.04. The standard InChI is InChI=1S/C20H17ClF3N5O4/c1-9-4-5-11(6-12(9)20(22,23)24)28-17(30)14-7-13(29-33-14)10(2)27-18(31)16-15(21)19(32-3)26-8-25-16/h4-8,10H,1-3H3,(H,27,31)(H,28,30). The van der Waals surface area contributed by atoms with Crippen LogP contribution in [0.3, 0.4) is 0 Å². The number of carbonyl (C=O) groups is 2. The highest BCUT2D eigenvalue weighted by Crippen LogP contribution is 2.33. The Morgan fingerprint density at radius 3 is 2.58 bits per heavy atom. The molecule has 0 saturated carbocycles. The van der Waals surface area contributed by atoms with Crippen LogP contribution in [0, 0.1) is 6.92 Å². The molecule has 0 bridgehead atoms. The average molecular weight is 484 g/mol. The Balaban J connectivity index is 1.70. The maximum absolute atomic E-state index is 13.1. The van der Waals surface area contributed by atoms with Gasteiger partial charge < -0.3 is 19.9 Å². The first-order valence-corrected chi connectivity index (χ1v) is 9.70. The van der Waals surface area contributed by atoms with Crippen molar-refractivity contribution >= 4 is 29.1 Å². The van der Waals surface area contributed by atoms with Crippen LogP contribution >= 0.6 is 11.6 Å². The number of hydrogen-bond acceptors (Lipinski definition) is 7. The van der Waals surface area contributed by atoms with Crippen molar-refractivity contribution in [3.8, 4) is 5.88 Å². The molecule has 3 aromatic rings. The average Bonchev–Trinajstić information content (AvgIpc) is 3.25. The SMILES string of the molecule is COc1ncnc(C(=O)NC(C)c2cc(C(=O)Nc3ccc(C)c(C(F)(F)F)c3)on2)c1Cl. The minimum Gasteiger partial charge on any atom is -0.480 e. The Morgan fingerprint density at radius 2 is 1.91 bits per heavy atom. The molecule has 0 fully saturated rings. The van der Waals surface area contributed by atoms with Gasteiger partial charge in [0.15, 0.2) is 5.69 Å². The first kappa shape index (κ1) is 24.0. The summed E-state index contributed by atoms with van der Waals surface area (Å²) in [5, 5.41) is 8.57. The van der Waals surface area contributed by atoms with Crippen LogP contribution in [0.25, 0.3) is 0 Å². The maximum atomic E-state index is 13.1. The molecule has 2 heterocycles. The lowest BCUT2D eigenvalue weighted by molar-refractivity contribution is -0.138. The van der Waals surface area contributed by atoms with E-state index in [-0.39, 0.29) is 39.3 Å². The molecule has 174 valence electrons. The number of anilines is 1. The largest absolute Gasteiger partial charge is 0.480 e. The lowest BCUT2D eigenvalue weighted by atomic mass is 10.1. The third kappa shape index (κ3) is 5.40. The van der Waals surface area contributed by atoms with E-state index in [2.05, 4.69) is 25.8 Å². The Hall–Kier alpha value is -3.67. The van der Waals surface area contributed by atoms with Crippen molar-refractivity contribution in [1.82, 2.24) is 20.4 Å². The number of amides is 2. The van der Waals surface area contributed by atoms with Crippen LogP contribution in [-0.4, -0.2) is 34.0 Å². The van der Waals surface area contributed by atoms with Crippen molar-refractivity contribution in [3.05, 3.63) is 63.9 Å². The highest BCUT2D eigenvalue weighted by atomic mass is 35.5. The van der Waals surface area contributed by atoms with Crippen LogP contribution in [0.2, 0.25) is 5.02 Å². The zero-order valence-electron chi connectivity index (χ0n) is 17.5. The third-order valence-electron chi connectivity index (χ3n) is 4.51. The second-order valence-corrected chi connectivity index (χ2v) is 7.22. The van der Waals surface area contributed by atoms with Crippen molar-refractivity contribution in [2.75, 3.05) is 12.4 Å². The predicted octanol–water partition coefficient (Wildman–Crippen LogP) is 4.20. The molecule has 0 saturated heterocycles. The molecule has 9 nitrogen and oxygen atoms in total. The van der Waals surface area contributed by atoms with Gasteiger partial charge in [-0.3, -0.25) is 9.59 Å². The van der Waals surface area contributed by atoms with Crippen LogP contribution in [0.4, 0.5) is 18.9 Å². The quantitative estimate of drug-likeness (QED) is 0.539. The summed E-state index contributed by atoms with van der Waals surface area (Å²) in [7, 11) is 1.33. The van der Waals surface area contributed by atoms with Gasteiger partial charge >= 0.3 is 6.18 Å². The first-order chi connectivity index (χ1) is 15.5. The van der Waals surface area contributed by atoms with E-state index >= 15 is 0 Å². The Bertz CT molecular complexity index is 1200. The molecule has 0 aliphatic heterocycles. The fourth-order valence-electron chi connectivity index (χ4n) is 2.79. The molecule has 0 aliphatic carbocycles. The van der Waals surface area contributed by atoms with E-state index in [1.165, 1.54) is 32.2 Å². The Morgan fingerprint density at radius 1 is 1.18 bits per heavy atom. The monoisotopic (exact) mass is 483 g/mol. The van der Waals surface area contributed by atoms with Crippen molar-refractivity contribution < 1.29 is 32.0 Å². The fraction of sp³-hybridized carbons (Fsp3) is 0.250. The molecule has 33 heavy (non-hydrogen) atoms. The number of benzene rings is 1. The predicted molar refractivity (Wildman–Crippen MR) is 110 cm³/mol. The van der Waals surface area contributed by atoms with Gasteiger partial charge in [0.25, 0.3) is 11.8 Å². The summed E-state index contributed by atoms with van der Waals surface area (Å²) in [4.78, 5) is 32.5. The Kier molecular flexibility index (Phi) is 6.86. The van der Waals surface area contributed by atoms with E-state index in [1.54, 1.807) is 6.92 Å². The molecule has 0 aliphatic rings. The number of nitrogens with zero attached hydrogens (tertiary/aromatic N) is 3. The lowest BCUT2D eigenvalue weighted by Crippen LogP contribution is -2.28. The summed E-state index contributed by atoms with van der Waals surface area (Å²) < 4.78 is 49.2. The topological polar surface area (TPSA) is 119 Å². The van der Waals surface area contributed by atoms with Gasteiger partial charge in [0.05, 0.1) is 18.7 Å². The molecule has 1 atom stereocenters. The molecule has 2 aromatic heterocycles. The van der Waals surface area contributed by atoms with Crippen LogP contribution in [-0.2, 0) is 6.18 Å². The van der Waals surface area contributed by atoms with Gasteiger partial charge in [-0.2, -0.15) is 13.2 Å². The van der Waals surface area contributed by atoms with Gasteiger partial charge in [-0.15, -0.1) is 0 Å². The molecule has 2 N–H and O–H groups in total.